The number of aromatic amines is 1. The van der Waals surface area contributed by atoms with Crippen LogP contribution in [0.4, 0.5) is 0 Å². The molecule has 0 aliphatic heterocycles. The molecule has 4 heteroatoms. The van der Waals surface area contributed by atoms with E-state index in [1.165, 1.54) is 12.8 Å². The first kappa shape index (κ1) is 10.2. The molecule has 1 aliphatic carbocycles. The molecule has 1 unspecified atom stereocenters. The Balaban J connectivity index is 1.89. The summed E-state index contributed by atoms with van der Waals surface area (Å²) in [5.74, 6) is 1.06. The highest BCUT2D eigenvalue weighted by Crippen LogP contribution is 2.37. The molecule has 2 rings (SSSR count). The van der Waals surface area contributed by atoms with Crippen LogP contribution < -0.4 is 0 Å². The Morgan fingerprint density at radius 2 is 2.47 bits per heavy atom. The molecule has 4 nitrogen and oxygen atoms in total. The zero-order valence-corrected chi connectivity index (χ0v) is 9.23. The molecule has 15 heavy (non-hydrogen) atoms. The molecule has 0 saturated heterocycles. The summed E-state index contributed by atoms with van der Waals surface area (Å²) < 4.78 is 0. The average molecular weight is 207 g/mol. The molecule has 1 N–H and O–H groups in total. The highest BCUT2D eigenvalue weighted by Gasteiger charge is 2.33. The van der Waals surface area contributed by atoms with Crippen molar-refractivity contribution in [2.24, 2.45) is 11.8 Å². The lowest BCUT2D eigenvalue weighted by Gasteiger charge is -2.20. The maximum atomic E-state index is 11.9. The molecule has 82 valence electrons. The summed E-state index contributed by atoms with van der Waals surface area (Å²) in [5, 5.41) is 6.61. The Bertz CT molecular complexity index is 330. The lowest BCUT2D eigenvalue weighted by atomic mass is 10.1. The van der Waals surface area contributed by atoms with Crippen LogP contribution in [0.5, 0.6) is 0 Å². The van der Waals surface area contributed by atoms with Gasteiger partial charge < -0.3 is 4.90 Å². The van der Waals surface area contributed by atoms with Gasteiger partial charge in [-0.2, -0.15) is 5.10 Å². The minimum absolute atomic E-state index is 0.182. The largest absolute Gasteiger partial charge is 0.341 e. The van der Waals surface area contributed by atoms with Crippen molar-refractivity contribution in [2.75, 3.05) is 7.05 Å². The lowest BCUT2D eigenvalue weighted by Crippen LogP contribution is -2.32. The molecule has 1 aliphatic rings. The smallest absolute Gasteiger partial charge is 0.225 e. The van der Waals surface area contributed by atoms with Crippen LogP contribution in [0.15, 0.2) is 12.4 Å². The highest BCUT2D eigenvalue weighted by atomic mass is 16.2. The van der Waals surface area contributed by atoms with E-state index in [4.69, 9.17) is 0 Å². The lowest BCUT2D eigenvalue weighted by molar-refractivity contribution is -0.134. The molecule has 1 aromatic heterocycles. The van der Waals surface area contributed by atoms with Crippen molar-refractivity contribution in [2.45, 2.75) is 26.3 Å². The van der Waals surface area contributed by atoms with Gasteiger partial charge in [0, 0.05) is 31.3 Å². The van der Waals surface area contributed by atoms with Crippen LogP contribution in [-0.2, 0) is 11.3 Å². The van der Waals surface area contributed by atoms with Gasteiger partial charge >= 0.3 is 0 Å². The Labute approximate surface area is 89.7 Å². The molecular formula is C11H17N3O. The minimum Gasteiger partial charge on any atom is -0.341 e. The van der Waals surface area contributed by atoms with E-state index < -0.39 is 0 Å². The first-order chi connectivity index (χ1) is 7.18. The summed E-state index contributed by atoms with van der Waals surface area (Å²) in [6.07, 6.45) is 6.01. The SMILES string of the molecule is CC(C(=O)N(C)Cc1cn[nH]c1)C1CC1. The third-order valence-electron chi connectivity index (χ3n) is 3.07. The van der Waals surface area contributed by atoms with Crippen LogP contribution in [0, 0.1) is 11.8 Å². The fourth-order valence-corrected chi connectivity index (χ4v) is 1.86. The molecule has 0 spiro atoms. The van der Waals surface area contributed by atoms with Gasteiger partial charge in [0.2, 0.25) is 5.91 Å². The summed E-state index contributed by atoms with van der Waals surface area (Å²) in [6.45, 7) is 2.68. The van der Waals surface area contributed by atoms with E-state index in [1.54, 1.807) is 11.1 Å². The van der Waals surface area contributed by atoms with Gasteiger partial charge in [-0.15, -0.1) is 0 Å². The van der Waals surface area contributed by atoms with E-state index in [9.17, 15) is 4.79 Å². The summed E-state index contributed by atoms with van der Waals surface area (Å²) >= 11 is 0. The van der Waals surface area contributed by atoms with Crippen LogP contribution in [0.25, 0.3) is 0 Å². The zero-order valence-electron chi connectivity index (χ0n) is 9.23. The second-order valence-electron chi connectivity index (χ2n) is 4.43. The van der Waals surface area contributed by atoms with Gasteiger partial charge in [0.1, 0.15) is 0 Å². The quantitative estimate of drug-likeness (QED) is 0.811. The highest BCUT2D eigenvalue weighted by molar-refractivity contribution is 5.78. The van der Waals surface area contributed by atoms with Crippen molar-refractivity contribution < 1.29 is 4.79 Å². The Kier molecular flexibility index (Phi) is 2.75. The normalized spacial score (nSPS) is 17.5. The molecule has 0 aromatic carbocycles. The number of hydrogen-bond acceptors (Lipinski definition) is 2. The summed E-state index contributed by atoms with van der Waals surface area (Å²) in [7, 11) is 1.86. The van der Waals surface area contributed by atoms with Crippen molar-refractivity contribution >= 4 is 5.91 Å². The van der Waals surface area contributed by atoms with Crippen LogP contribution in [-0.4, -0.2) is 28.1 Å². The van der Waals surface area contributed by atoms with Gasteiger partial charge in [-0.1, -0.05) is 6.92 Å². The van der Waals surface area contributed by atoms with E-state index in [-0.39, 0.29) is 11.8 Å². The number of rotatable bonds is 4. The summed E-state index contributed by atoms with van der Waals surface area (Å²) in [4.78, 5) is 13.7. The van der Waals surface area contributed by atoms with Crippen LogP contribution in [0.1, 0.15) is 25.3 Å². The van der Waals surface area contributed by atoms with E-state index >= 15 is 0 Å². The van der Waals surface area contributed by atoms with E-state index in [0.717, 1.165) is 5.56 Å². The van der Waals surface area contributed by atoms with Gasteiger partial charge in [0.15, 0.2) is 0 Å². The van der Waals surface area contributed by atoms with Crippen molar-refractivity contribution in [1.29, 1.82) is 0 Å². The maximum absolute atomic E-state index is 11.9. The second-order valence-corrected chi connectivity index (χ2v) is 4.43. The Morgan fingerprint density at radius 3 is 3.00 bits per heavy atom. The molecule has 1 atom stereocenters. The van der Waals surface area contributed by atoms with Crippen molar-refractivity contribution in [3.63, 3.8) is 0 Å². The molecule has 1 heterocycles. The van der Waals surface area contributed by atoms with Crippen molar-refractivity contribution in [3.05, 3.63) is 18.0 Å². The molecule has 1 fully saturated rings. The first-order valence-corrected chi connectivity index (χ1v) is 5.41. The average Bonchev–Trinajstić information content (AvgIpc) is 2.96. The number of amides is 1. The first-order valence-electron chi connectivity index (χ1n) is 5.41. The van der Waals surface area contributed by atoms with Gasteiger partial charge in [0.25, 0.3) is 0 Å². The van der Waals surface area contributed by atoms with Crippen molar-refractivity contribution in [1.82, 2.24) is 15.1 Å². The van der Waals surface area contributed by atoms with Gasteiger partial charge in [-0.25, -0.2) is 0 Å². The van der Waals surface area contributed by atoms with Crippen LogP contribution in [0.3, 0.4) is 0 Å². The Morgan fingerprint density at radius 1 is 1.73 bits per heavy atom. The molecular weight excluding hydrogens is 190 g/mol. The monoisotopic (exact) mass is 207 g/mol. The third kappa shape index (κ3) is 2.37. The summed E-state index contributed by atoms with van der Waals surface area (Å²) in [6, 6.07) is 0. The summed E-state index contributed by atoms with van der Waals surface area (Å²) in [5.41, 5.74) is 1.05. The predicted octanol–water partition coefficient (Wildman–Crippen LogP) is 1.41. The molecule has 0 radical (unpaired) electrons. The zero-order chi connectivity index (χ0) is 10.8. The number of carbonyl (C=O) groups excluding carboxylic acids is 1. The van der Waals surface area contributed by atoms with Gasteiger partial charge in [-0.3, -0.25) is 9.89 Å². The van der Waals surface area contributed by atoms with E-state index in [0.29, 0.717) is 12.5 Å². The number of carbonyl (C=O) groups is 1. The van der Waals surface area contributed by atoms with Gasteiger partial charge in [0.05, 0.1) is 6.20 Å². The van der Waals surface area contributed by atoms with Crippen molar-refractivity contribution in [3.8, 4) is 0 Å². The fourth-order valence-electron chi connectivity index (χ4n) is 1.86. The topological polar surface area (TPSA) is 49.0 Å². The standard InChI is InChI=1S/C11H17N3O/c1-8(10-3-4-10)11(15)14(2)7-9-5-12-13-6-9/h5-6,8,10H,3-4,7H2,1-2H3,(H,12,13). The number of H-pyrrole nitrogens is 1. The van der Waals surface area contributed by atoms with E-state index in [1.807, 2.05) is 20.2 Å². The molecule has 1 saturated carbocycles. The number of nitrogens with one attached hydrogen (secondary N) is 1. The number of hydrogen-bond donors (Lipinski definition) is 1. The second kappa shape index (κ2) is 4.04. The number of aromatic nitrogens is 2. The van der Waals surface area contributed by atoms with Gasteiger partial charge in [-0.05, 0) is 18.8 Å². The molecule has 0 bridgehead atoms. The number of nitrogens with zero attached hydrogens (tertiary/aromatic N) is 2. The maximum Gasteiger partial charge on any atom is 0.225 e. The van der Waals surface area contributed by atoms with Crippen LogP contribution >= 0.6 is 0 Å². The fraction of sp³-hybridized carbons (Fsp3) is 0.636. The molecule has 1 aromatic rings. The predicted molar refractivity (Wildman–Crippen MR) is 56.9 cm³/mol. The minimum atomic E-state index is 0.182. The third-order valence-corrected chi connectivity index (χ3v) is 3.07. The van der Waals surface area contributed by atoms with Crippen LogP contribution in [0.2, 0.25) is 0 Å². The Hall–Kier alpha value is -1.32. The van der Waals surface area contributed by atoms with E-state index in [2.05, 4.69) is 10.2 Å². The molecule has 1 amide bonds.